The molecule has 0 saturated heterocycles. The third-order valence-electron chi connectivity index (χ3n) is 3.69. The Kier molecular flexibility index (Phi) is 5.42. The number of benzene rings is 3. The molecule has 0 radical (unpaired) electrons. The first-order valence-corrected chi connectivity index (χ1v) is 8.01. The minimum absolute atomic E-state index is 0.177. The zero-order valence-electron chi connectivity index (χ0n) is 13.6. The third kappa shape index (κ3) is 4.91. The molecule has 0 aliphatic carbocycles. The standard InChI is InChI=1S/C21H18FNO2/c22-18-10-6-11-19(14-18)25-15-21(24)23-20-12-5-4-9-17(20)13-16-7-2-1-3-8-16/h1-12,14H,13,15H2,(H,23,24). The lowest BCUT2D eigenvalue weighted by Gasteiger charge is -2.12. The smallest absolute Gasteiger partial charge is 0.262 e. The van der Waals surface area contributed by atoms with Crippen LogP contribution in [0, 0.1) is 5.82 Å². The van der Waals surface area contributed by atoms with Crippen LogP contribution in [-0.2, 0) is 11.2 Å². The molecule has 0 aliphatic heterocycles. The van der Waals surface area contributed by atoms with Crippen LogP contribution in [0.15, 0.2) is 78.9 Å². The van der Waals surface area contributed by atoms with Crippen molar-refractivity contribution in [3.8, 4) is 5.75 Å². The summed E-state index contributed by atoms with van der Waals surface area (Å²) in [6.45, 7) is -0.177. The van der Waals surface area contributed by atoms with Gasteiger partial charge >= 0.3 is 0 Å². The fourth-order valence-electron chi connectivity index (χ4n) is 2.50. The molecular formula is C21H18FNO2. The van der Waals surface area contributed by atoms with Crippen molar-refractivity contribution in [3.63, 3.8) is 0 Å². The molecule has 0 unspecified atom stereocenters. The Morgan fingerprint density at radius 1 is 0.920 bits per heavy atom. The van der Waals surface area contributed by atoms with E-state index in [1.54, 1.807) is 6.07 Å². The molecule has 0 atom stereocenters. The van der Waals surface area contributed by atoms with E-state index in [0.717, 1.165) is 17.7 Å². The van der Waals surface area contributed by atoms with Gasteiger partial charge in [0, 0.05) is 11.8 Å². The summed E-state index contributed by atoms with van der Waals surface area (Å²) in [4.78, 5) is 12.1. The average molecular weight is 335 g/mol. The van der Waals surface area contributed by atoms with Crippen LogP contribution in [0.2, 0.25) is 0 Å². The molecule has 0 heterocycles. The molecule has 126 valence electrons. The lowest BCUT2D eigenvalue weighted by atomic mass is 10.0. The maximum absolute atomic E-state index is 13.1. The van der Waals surface area contributed by atoms with E-state index in [1.807, 2.05) is 54.6 Å². The van der Waals surface area contributed by atoms with Crippen molar-refractivity contribution in [2.24, 2.45) is 0 Å². The van der Waals surface area contributed by atoms with Crippen LogP contribution in [0.5, 0.6) is 5.75 Å². The van der Waals surface area contributed by atoms with E-state index in [2.05, 4.69) is 5.32 Å². The molecule has 3 rings (SSSR count). The van der Waals surface area contributed by atoms with Gasteiger partial charge in [0.05, 0.1) is 0 Å². The third-order valence-corrected chi connectivity index (χ3v) is 3.69. The van der Waals surface area contributed by atoms with Crippen molar-refractivity contribution in [2.45, 2.75) is 6.42 Å². The second-order valence-corrected chi connectivity index (χ2v) is 5.61. The number of carbonyl (C=O) groups excluding carboxylic acids is 1. The number of hydrogen-bond donors (Lipinski definition) is 1. The molecule has 3 nitrogen and oxygen atoms in total. The minimum Gasteiger partial charge on any atom is -0.484 e. The topological polar surface area (TPSA) is 38.3 Å². The van der Waals surface area contributed by atoms with Crippen LogP contribution in [0.4, 0.5) is 10.1 Å². The Hall–Kier alpha value is -3.14. The molecule has 4 heteroatoms. The monoisotopic (exact) mass is 335 g/mol. The highest BCUT2D eigenvalue weighted by atomic mass is 19.1. The van der Waals surface area contributed by atoms with Crippen molar-refractivity contribution in [1.29, 1.82) is 0 Å². The van der Waals surface area contributed by atoms with Crippen molar-refractivity contribution in [1.82, 2.24) is 0 Å². The first-order chi connectivity index (χ1) is 12.2. The normalized spacial score (nSPS) is 10.3. The van der Waals surface area contributed by atoms with Crippen LogP contribution < -0.4 is 10.1 Å². The Morgan fingerprint density at radius 3 is 2.48 bits per heavy atom. The second kappa shape index (κ2) is 8.11. The number of ether oxygens (including phenoxy) is 1. The fraction of sp³-hybridized carbons (Fsp3) is 0.0952. The Morgan fingerprint density at radius 2 is 1.68 bits per heavy atom. The highest BCUT2D eigenvalue weighted by Gasteiger charge is 2.08. The Labute approximate surface area is 146 Å². The summed E-state index contributed by atoms with van der Waals surface area (Å²) < 4.78 is 18.4. The van der Waals surface area contributed by atoms with E-state index < -0.39 is 5.82 Å². The molecule has 3 aromatic carbocycles. The van der Waals surface area contributed by atoms with Gasteiger partial charge in [0.1, 0.15) is 11.6 Å². The molecule has 25 heavy (non-hydrogen) atoms. The van der Waals surface area contributed by atoms with Gasteiger partial charge in [-0.3, -0.25) is 4.79 Å². The van der Waals surface area contributed by atoms with Crippen molar-refractivity contribution < 1.29 is 13.9 Å². The number of hydrogen-bond acceptors (Lipinski definition) is 2. The molecule has 0 aliphatic rings. The van der Waals surface area contributed by atoms with E-state index >= 15 is 0 Å². The maximum Gasteiger partial charge on any atom is 0.262 e. The molecular weight excluding hydrogens is 317 g/mol. The summed E-state index contributed by atoms with van der Waals surface area (Å²) in [5.41, 5.74) is 2.94. The predicted octanol–water partition coefficient (Wildman–Crippen LogP) is 4.43. The Balaban J connectivity index is 1.63. The van der Waals surface area contributed by atoms with Gasteiger partial charge in [-0.25, -0.2) is 4.39 Å². The molecule has 0 fully saturated rings. The van der Waals surface area contributed by atoms with Gasteiger partial charge in [-0.15, -0.1) is 0 Å². The number of halogens is 1. The van der Waals surface area contributed by atoms with Gasteiger partial charge in [-0.1, -0.05) is 54.6 Å². The van der Waals surface area contributed by atoms with Crippen LogP contribution >= 0.6 is 0 Å². The molecule has 1 N–H and O–H groups in total. The van der Waals surface area contributed by atoms with Gasteiger partial charge in [0.15, 0.2) is 6.61 Å². The summed E-state index contributed by atoms with van der Waals surface area (Å²) in [5.74, 6) is -0.358. The lowest BCUT2D eigenvalue weighted by molar-refractivity contribution is -0.118. The number of carbonyl (C=O) groups is 1. The zero-order chi connectivity index (χ0) is 17.5. The number of amides is 1. The first kappa shape index (κ1) is 16.7. The van der Waals surface area contributed by atoms with E-state index in [0.29, 0.717) is 5.75 Å². The summed E-state index contributed by atoms with van der Waals surface area (Å²) >= 11 is 0. The van der Waals surface area contributed by atoms with E-state index in [9.17, 15) is 9.18 Å². The number of para-hydroxylation sites is 1. The number of nitrogens with one attached hydrogen (secondary N) is 1. The SMILES string of the molecule is O=C(COc1cccc(F)c1)Nc1ccccc1Cc1ccccc1. The minimum atomic E-state index is -0.397. The molecule has 3 aromatic rings. The van der Waals surface area contributed by atoms with Crippen molar-refractivity contribution in [2.75, 3.05) is 11.9 Å². The van der Waals surface area contributed by atoms with E-state index in [4.69, 9.17) is 4.74 Å². The average Bonchev–Trinajstić information content (AvgIpc) is 2.63. The molecule has 0 aromatic heterocycles. The lowest BCUT2D eigenvalue weighted by Crippen LogP contribution is -2.21. The Bertz CT molecular complexity index is 849. The zero-order valence-corrected chi connectivity index (χ0v) is 13.6. The van der Waals surface area contributed by atoms with Crippen LogP contribution in [0.25, 0.3) is 0 Å². The van der Waals surface area contributed by atoms with Gasteiger partial charge in [0.2, 0.25) is 0 Å². The highest BCUT2D eigenvalue weighted by molar-refractivity contribution is 5.92. The van der Waals surface area contributed by atoms with E-state index in [-0.39, 0.29) is 12.5 Å². The summed E-state index contributed by atoms with van der Waals surface area (Å²) in [6, 6.07) is 23.4. The number of anilines is 1. The summed E-state index contributed by atoms with van der Waals surface area (Å²) in [7, 11) is 0. The van der Waals surface area contributed by atoms with Crippen LogP contribution in [-0.4, -0.2) is 12.5 Å². The molecule has 0 saturated carbocycles. The second-order valence-electron chi connectivity index (χ2n) is 5.61. The van der Waals surface area contributed by atoms with Crippen LogP contribution in [0.1, 0.15) is 11.1 Å². The predicted molar refractivity (Wildman–Crippen MR) is 96.2 cm³/mol. The van der Waals surface area contributed by atoms with Crippen LogP contribution in [0.3, 0.4) is 0 Å². The first-order valence-electron chi connectivity index (χ1n) is 8.01. The maximum atomic E-state index is 13.1. The summed E-state index contributed by atoms with van der Waals surface area (Å²) in [6.07, 6.45) is 0.724. The van der Waals surface area contributed by atoms with Gasteiger partial charge in [-0.05, 0) is 35.7 Å². The van der Waals surface area contributed by atoms with Gasteiger partial charge < -0.3 is 10.1 Å². The highest BCUT2D eigenvalue weighted by Crippen LogP contribution is 2.19. The van der Waals surface area contributed by atoms with E-state index in [1.165, 1.54) is 23.8 Å². The number of rotatable bonds is 6. The molecule has 1 amide bonds. The largest absolute Gasteiger partial charge is 0.484 e. The quantitative estimate of drug-likeness (QED) is 0.723. The molecule has 0 bridgehead atoms. The van der Waals surface area contributed by atoms with Gasteiger partial charge in [0.25, 0.3) is 5.91 Å². The summed E-state index contributed by atoms with van der Waals surface area (Å²) in [5, 5.41) is 2.86. The van der Waals surface area contributed by atoms with Crippen molar-refractivity contribution in [3.05, 3.63) is 95.8 Å². The fourth-order valence-corrected chi connectivity index (χ4v) is 2.50. The van der Waals surface area contributed by atoms with Gasteiger partial charge in [-0.2, -0.15) is 0 Å². The molecule has 0 spiro atoms. The van der Waals surface area contributed by atoms with Crippen molar-refractivity contribution >= 4 is 11.6 Å².